The van der Waals surface area contributed by atoms with E-state index < -0.39 is 6.61 Å². The number of urea groups is 1. The minimum Gasteiger partial charge on any atom is -0.435 e. The number of rotatable bonds is 4. The zero-order valence-electron chi connectivity index (χ0n) is 12.7. The van der Waals surface area contributed by atoms with Crippen molar-refractivity contribution < 1.29 is 23.1 Å². The molecule has 0 bridgehead atoms. The predicted molar refractivity (Wildman–Crippen MR) is 79.2 cm³/mol. The standard InChI is InChI=1S/C15H19F2N3O3/c1-10(11-2-4-12(5-3-11)23-14(16)17)19-15(22)20-8-6-13(21)18-7-9-20/h2-5,10,14H,6-9H2,1H3,(H,18,21)(H,19,22). The Hall–Kier alpha value is -2.38. The molecule has 1 aromatic carbocycles. The number of ether oxygens (including phenoxy) is 1. The van der Waals surface area contributed by atoms with Gasteiger partial charge in [0.2, 0.25) is 5.91 Å². The first-order valence-electron chi connectivity index (χ1n) is 7.32. The van der Waals surface area contributed by atoms with Crippen LogP contribution in [0.5, 0.6) is 5.75 Å². The first kappa shape index (κ1) is 17.0. The molecule has 1 aromatic rings. The second kappa shape index (κ2) is 7.75. The SMILES string of the molecule is CC(NC(=O)N1CCNC(=O)CC1)c1ccc(OC(F)F)cc1. The van der Waals surface area contributed by atoms with Crippen LogP contribution in [0.2, 0.25) is 0 Å². The molecule has 1 saturated heterocycles. The maximum Gasteiger partial charge on any atom is 0.387 e. The molecule has 1 aliphatic heterocycles. The molecule has 1 aliphatic rings. The van der Waals surface area contributed by atoms with Crippen LogP contribution in [0, 0.1) is 0 Å². The number of hydrogen-bond acceptors (Lipinski definition) is 3. The van der Waals surface area contributed by atoms with Crippen molar-refractivity contribution in [2.45, 2.75) is 26.0 Å². The molecule has 0 saturated carbocycles. The minimum atomic E-state index is -2.86. The molecule has 126 valence electrons. The Balaban J connectivity index is 1.91. The van der Waals surface area contributed by atoms with Crippen LogP contribution in [0.25, 0.3) is 0 Å². The molecule has 1 unspecified atom stereocenters. The van der Waals surface area contributed by atoms with Crippen molar-refractivity contribution in [3.63, 3.8) is 0 Å². The maximum atomic E-state index is 12.2. The summed E-state index contributed by atoms with van der Waals surface area (Å²) in [5.41, 5.74) is 0.768. The van der Waals surface area contributed by atoms with Gasteiger partial charge in [-0.3, -0.25) is 4.79 Å². The average molecular weight is 327 g/mol. The summed E-state index contributed by atoms with van der Waals surface area (Å²) in [7, 11) is 0. The van der Waals surface area contributed by atoms with Crippen LogP contribution in [0.3, 0.4) is 0 Å². The summed E-state index contributed by atoms with van der Waals surface area (Å²) in [6, 6.07) is 5.54. The monoisotopic (exact) mass is 327 g/mol. The van der Waals surface area contributed by atoms with Gasteiger partial charge < -0.3 is 20.3 Å². The van der Waals surface area contributed by atoms with Crippen molar-refractivity contribution >= 4 is 11.9 Å². The van der Waals surface area contributed by atoms with Crippen molar-refractivity contribution in [3.8, 4) is 5.75 Å². The average Bonchev–Trinajstić information content (AvgIpc) is 2.72. The summed E-state index contributed by atoms with van der Waals surface area (Å²) >= 11 is 0. The number of hydrogen-bond donors (Lipinski definition) is 2. The van der Waals surface area contributed by atoms with Gasteiger partial charge in [0.1, 0.15) is 5.75 Å². The highest BCUT2D eigenvalue weighted by Gasteiger charge is 2.20. The second-order valence-corrected chi connectivity index (χ2v) is 5.21. The first-order chi connectivity index (χ1) is 11.0. The molecule has 23 heavy (non-hydrogen) atoms. The van der Waals surface area contributed by atoms with Crippen molar-refractivity contribution in [1.82, 2.24) is 15.5 Å². The Morgan fingerprint density at radius 1 is 1.30 bits per heavy atom. The van der Waals surface area contributed by atoms with Gasteiger partial charge in [0.25, 0.3) is 0 Å². The number of amides is 3. The number of halogens is 2. The van der Waals surface area contributed by atoms with Crippen LogP contribution in [-0.2, 0) is 4.79 Å². The Morgan fingerprint density at radius 3 is 2.65 bits per heavy atom. The third-order valence-electron chi connectivity index (χ3n) is 3.55. The Kier molecular flexibility index (Phi) is 5.72. The van der Waals surface area contributed by atoms with Gasteiger partial charge in [0, 0.05) is 26.1 Å². The smallest absolute Gasteiger partial charge is 0.387 e. The molecular weight excluding hydrogens is 308 g/mol. The van der Waals surface area contributed by atoms with Crippen LogP contribution >= 0.6 is 0 Å². The molecule has 2 N–H and O–H groups in total. The summed E-state index contributed by atoms with van der Waals surface area (Å²) in [6.45, 7) is 0.178. The van der Waals surface area contributed by atoms with Gasteiger partial charge in [0.15, 0.2) is 0 Å². The largest absolute Gasteiger partial charge is 0.435 e. The summed E-state index contributed by atoms with van der Waals surface area (Å²) in [5.74, 6) is 0.00217. The molecule has 0 aliphatic carbocycles. The highest BCUT2D eigenvalue weighted by Crippen LogP contribution is 2.19. The molecule has 2 rings (SSSR count). The fraction of sp³-hybridized carbons (Fsp3) is 0.467. The van der Waals surface area contributed by atoms with Crippen molar-refractivity contribution in [2.24, 2.45) is 0 Å². The van der Waals surface area contributed by atoms with Crippen LogP contribution in [-0.4, -0.2) is 43.1 Å². The molecule has 1 fully saturated rings. The molecule has 8 heteroatoms. The maximum absolute atomic E-state index is 12.2. The number of benzene rings is 1. The number of alkyl halides is 2. The number of carbonyl (C=O) groups is 2. The van der Waals surface area contributed by atoms with Crippen molar-refractivity contribution in [3.05, 3.63) is 29.8 Å². The lowest BCUT2D eigenvalue weighted by molar-refractivity contribution is -0.120. The van der Waals surface area contributed by atoms with E-state index in [1.54, 1.807) is 24.0 Å². The number of nitrogens with zero attached hydrogens (tertiary/aromatic N) is 1. The van der Waals surface area contributed by atoms with E-state index in [1.807, 2.05) is 0 Å². The van der Waals surface area contributed by atoms with Gasteiger partial charge in [0.05, 0.1) is 6.04 Å². The number of nitrogens with one attached hydrogen (secondary N) is 2. The zero-order chi connectivity index (χ0) is 16.8. The second-order valence-electron chi connectivity index (χ2n) is 5.21. The molecule has 3 amide bonds. The Labute approximate surface area is 132 Å². The van der Waals surface area contributed by atoms with Crippen LogP contribution < -0.4 is 15.4 Å². The van der Waals surface area contributed by atoms with Crippen LogP contribution in [0.4, 0.5) is 13.6 Å². The Bertz CT molecular complexity index is 551. The van der Waals surface area contributed by atoms with E-state index in [2.05, 4.69) is 15.4 Å². The molecule has 0 aromatic heterocycles. The third-order valence-corrected chi connectivity index (χ3v) is 3.55. The fourth-order valence-electron chi connectivity index (χ4n) is 2.27. The van der Waals surface area contributed by atoms with Crippen LogP contribution in [0.1, 0.15) is 24.9 Å². The summed E-state index contributed by atoms with van der Waals surface area (Å²) in [4.78, 5) is 25.0. The van der Waals surface area contributed by atoms with E-state index in [4.69, 9.17) is 0 Å². The van der Waals surface area contributed by atoms with Gasteiger partial charge in [-0.2, -0.15) is 8.78 Å². The molecule has 0 radical (unpaired) electrons. The lowest BCUT2D eigenvalue weighted by atomic mass is 10.1. The third kappa shape index (κ3) is 5.08. The van der Waals surface area contributed by atoms with E-state index >= 15 is 0 Å². The highest BCUT2D eigenvalue weighted by atomic mass is 19.3. The summed E-state index contributed by atoms with van der Waals surface area (Å²) < 4.78 is 28.5. The summed E-state index contributed by atoms with van der Waals surface area (Å²) in [6.07, 6.45) is 0.279. The van der Waals surface area contributed by atoms with Gasteiger partial charge in [-0.1, -0.05) is 12.1 Å². The quantitative estimate of drug-likeness (QED) is 0.887. The van der Waals surface area contributed by atoms with E-state index in [9.17, 15) is 18.4 Å². The lowest BCUT2D eigenvalue weighted by Gasteiger charge is -2.23. The molecule has 1 atom stereocenters. The van der Waals surface area contributed by atoms with Gasteiger partial charge in [-0.25, -0.2) is 4.79 Å². The van der Waals surface area contributed by atoms with E-state index in [0.717, 1.165) is 5.56 Å². The van der Waals surface area contributed by atoms with Gasteiger partial charge in [-0.15, -0.1) is 0 Å². The molecular formula is C15H19F2N3O3. The predicted octanol–water partition coefficient (Wildman–Crippen LogP) is 1.88. The van der Waals surface area contributed by atoms with E-state index in [-0.39, 0.29) is 30.2 Å². The number of carbonyl (C=O) groups excluding carboxylic acids is 2. The Morgan fingerprint density at radius 2 is 2.00 bits per heavy atom. The van der Waals surface area contributed by atoms with Crippen molar-refractivity contribution in [2.75, 3.05) is 19.6 Å². The first-order valence-corrected chi connectivity index (χ1v) is 7.32. The molecule has 1 heterocycles. The van der Waals surface area contributed by atoms with E-state index in [0.29, 0.717) is 19.6 Å². The minimum absolute atomic E-state index is 0.0667. The topological polar surface area (TPSA) is 70.7 Å². The summed E-state index contributed by atoms with van der Waals surface area (Å²) in [5, 5.41) is 5.53. The van der Waals surface area contributed by atoms with E-state index in [1.165, 1.54) is 12.1 Å². The lowest BCUT2D eigenvalue weighted by Crippen LogP contribution is -2.42. The fourth-order valence-corrected chi connectivity index (χ4v) is 2.27. The van der Waals surface area contributed by atoms with Crippen LogP contribution in [0.15, 0.2) is 24.3 Å². The van der Waals surface area contributed by atoms with Crippen molar-refractivity contribution in [1.29, 1.82) is 0 Å². The normalized spacial score (nSPS) is 16.5. The van der Waals surface area contributed by atoms with Gasteiger partial charge >= 0.3 is 12.6 Å². The zero-order valence-corrected chi connectivity index (χ0v) is 12.7. The molecule has 0 spiro atoms. The van der Waals surface area contributed by atoms with Gasteiger partial charge in [-0.05, 0) is 24.6 Å². The highest BCUT2D eigenvalue weighted by molar-refractivity contribution is 5.79. The molecule has 6 nitrogen and oxygen atoms in total.